The van der Waals surface area contributed by atoms with E-state index < -0.39 is 16.9 Å². The van der Waals surface area contributed by atoms with Crippen LogP contribution in [0.5, 0.6) is 0 Å². The van der Waals surface area contributed by atoms with Crippen LogP contribution in [0.15, 0.2) is 12.1 Å². The summed E-state index contributed by atoms with van der Waals surface area (Å²) >= 11 is 0.788. The van der Waals surface area contributed by atoms with Crippen molar-refractivity contribution < 1.29 is 14.5 Å². The summed E-state index contributed by atoms with van der Waals surface area (Å²) in [5, 5.41) is 12.8. The number of rotatable bonds is 5. The van der Waals surface area contributed by atoms with Gasteiger partial charge in [-0.2, -0.15) is 0 Å². The number of nitro groups is 1. The molecule has 17 heavy (non-hydrogen) atoms. The number of Topliss-reactive ketones (excluding diaryl/α,β-unsaturated/α-hetero) is 1. The Balaban J connectivity index is 2.70. The molecule has 1 amide bonds. The van der Waals surface area contributed by atoms with Gasteiger partial charge in [-0.1, -0.05) is 18.3 Å². The van der Waals surface area contributed by atoms with Crippen LogP contribution in [0.1, 0.15) is 29.9 Å². The lowest BCUT2D eigenvalue weighted by atomic mass is 10.2. The molecule has 0 bridgehead atoms. The predicted molar refractivity (Wildman–Crippen MR) is 63.2 cm³/mol. The highest BCUT2D eigenvalue weighted by molar-refractivity contribution is 7.17. The summed E-state index contributed by atoms with van der Waals surface area (Å²) in [7, 11) is 0. The third-order valence-corrected chi connectivity index (χ3v) is 3.21. The Hall–Kier alpha value is -1.76. The van der Waals surface area contributed by atoms with E-state index in [4.69, 9.17) is 0 Å². The molecule has 1 aromatic rings. The highest BCUT2D eigenvalue weighted by Crippen LogP contribution is 2.23. The summed E-state index contributed by atoms with van der Waals surface area (Å²) in [6.45, 7) is 3.30. The van der Waals surface area contributed by atoms with E-state index in [0.717, 1.165) is 11.3 Å². The van der Waals surface area contributed by atoms with Gasteiger partial charge in [0, 0.05) is 12.5 Å². The van der Waals surface area contributed by atoms with Crippen LogP contribution in [0.2, 0.25) is 0 Å². The lowest BCUT2D eigenvalue weighted by Gasteiger charge is -2.10. The molecule has 0 aliphatic rings. The molecule has 0 spiro atoms. The Bertz CT molecular complexity index is 455. The van der Waals surface area contributed by atoms with Crippen molar-refractivity contribution in [3.63, 3.8) is 0 Å². The van der Waals surface area contributed by atoms with Crippen molar-refractivity contribution in [1.82, 2.24) is 5.32 Å². The molecule has 0 aliphatic carbocycles. The molecular formula is C10H12N2O4S. The number of ketones is 1. The molecule has 0 radical (unpaired) electrons. The number of amides is 1. The van der Waals surface area contributed by atoms with E-state index in [-0.39, 0.29) is 15.7 Å². The number of carbonyl (C=O) groups is 2. The summed E-state index contributed by atoms with van der Waals surface area (Å²) in [4.78, 5) is 33.0. The average Bonchev–Trinajstić information content (AvgIpc) is 2.77. The van der Waals surface area contributed by atoms with Gasteiger partial charge in [-0.05, 0) is 13.0 Å². The first-order valence-corrected chi connectivity index (χ1v) is 5.85. The first kappa shape index (κ1) is 13.3. The number of nitrogens with one attached hydrogen (secondary N) is 1. The molecule has 1 aromatic heterocycles. The van der Waals surface area contributed by atoms with E-state index in [1.807, 2.05) is 0 Å². The molecule has 0 fully saturated rings. The molecule has 1 heterocycles. The van der Waals surface area contributed by atoms with Crippen molar-refractivity contribution >= 4 is 28.0 Å². The topological polar surface area (TPSA) is 89.3 Å². The molecule has 0 saturated heterocycles. The zero-order chi connectivity index (χ0) is 13.0. The molecule has 0 saturated carbocycles. The SMILES string of the molecule is CCC(=O)C(C)NC(=O)c1ccc([N+](=O)[O-])s1. The molecule has 1 unspecified atom stereocenters. The number of thiophene rings is 1. The Morgan fingerprint density at radius 1 is 1.53 bits per heavy atom. The van der Waals surface area contributed by atoms with E-state index in [1.54, 1.807) is 13.8 Å². The van der Waals surface area contributed by atoms with Crippen LogP contribution in [0, 0.1) is 10.1 Å². The van der Waals surface area contributed by atoms with Gasteiger partial charge < -0.3 is 5.32 Å². The minimum atomic E-state index is -0.575. The third kappa shape index (κ3) is 3.35. The highest BCUT2D eigenvalue weighted by Gasteiger charge is 2.18. The Morgan fingerprint density at radius 2 is 2.18 bits per heavy atom. The van der Waals surface area contributed by atoms with Gasteiger partial charge in [0.2, 0.25) is 0 Å². The fraction of sp³-hybridized carbons (Fsp3) is 0.400. The van der Waals surface area contributed by atoms with Crippen molar-refractivity contribution in [2.75, 3.05) is 0 Å². The lowest BCUT2D eigenvalue weighted by Crippen LogP contribution is -2.37. The van der Waals surface area contributed by atoms with Crippen molar-refractivity contribution in [3.05, 3.63) is 27.1 Å². The van der Waals surface area contributed by atoms with Gasteiger partial charge in [0.25, 0.3) is 5.91 Å². The minimum Gasteiger partial charge on any atom is -0.342 e. The van der Waals surface area contributed by atoms with Gasteiger partial charge in [-0.3, -0.25) is 19.7 Å². The second-order valence-electron chi connectivity index (χ2n) is 3.41. The average molecular weight is 256 g/mol. The van der Waals surface area contributed by atoms with E-state index in [9.17, 15) is 19.7 Å². The van der Waals surface area contributed by atoms with Gasteiger partial charge >= 0.3 is 5.00 Å². The fourth-order valence-electron chi connectivity index (χ4n) is 1.20. The lowest BCUT2D eigenvalue weighted by molar-refractivity contribution is -0.380. The van der Waals surface area contributed by atoms with Gasteiger partial charge in [-0.15, -0.1) is 0 Å². The molecule has 0 aliphatic heterocycles. The maximum Gasteiger partial charge on any atom is 0.324 e. The third-order valence-electron chi connectivity index (χ3n) is 2.17. The van der Waals surface area contributed by atoms with Gasteiger partial charge in [0.05, 0.1) is 15.8 Å². The largest absolute Gasteiger partial charge is 0.342 e. The zero-order valence-corrected chi connectivity index (χ0v) is 10.2. The maximum absolute atomic E-state index is 11.6. The van der Waals surface area contributed by atoms with Crippen molar-refractivity contribution in [2.45, 2.75) is 26.3 Å². The summed E-state index contributed by atoms with van der Waals surface area (Å²) in [5.74, 6) is -0.540. The Kier molecular flexibility index (Phi) is 4.33. The summed E-state index contributed by atoms with van der Waals surface area (Å²) in [6, 6.07) is 2.07. The van der Waals surface area contributed by atoms with E-state index in [0.29, 0.717) is 6.42 Å². The van der Waals surface area contributed by atoms with Gasteiger partial charge in [0.1, 0.15) is 0 Å². The van der Waals surface area contributed by atoms with Crippen LogP contribution in [0.4, 0.5) is 5.00 Å². The highest BCUT2D eigenvalue weighted by atomic mass is 32.1. The number of hydrogen-bond acceptors (Lipinski definition) is 5. The van der Waals surface area contributed by atoms with Crippen molar-refractivity contribution in [2.24, 2.45) is 0 Å². The van der Waals surface area contributed by atoms with Crippen LogP contribution >= 0.6 is 11.3 Å². The minimum absolute atomic E-state index is 0.0793. The summed E-state index contributed by atoms with van der Waals surface area (Å²) < 4.78 is 0. The quantitative estimate of drug-likeness (QED) is 0.642. The Labute approximate surface area is 102 Å². The van der Waals surface area contributed by atoms with Gasteiger partial charge in [0.15, 0.2) is 5.78 Å². The molecule has 6 nitrogen and oxygen atoms in total. The summed E-state index contributed by atoms with van der Waals surface area (Å²) in [5.41, 5.74) is 0. The van der Waals surface area contributed by atoms with E-state index >= 15 is 0 Å². The molecule has 1 rings (SSSR count). The van der Waals surface area contributed by atoms with Crippen LogP contribution in [0.3, 0.4) is 0 Å². The predicted octanol–water partition coefficient (Wildman–Crippen LogP) is 1.75. The van der Waals surface area contributed by atoms with Crippen LogP contribution < -0.4 is 5.32 Å². The van der Waals surface area contributed by atoms with Crippen LogP contribution in [0.25, 0.3) is 0 Å². The van der Waals surface area contributed by atoms with Crippen LogP contribution in [-0.4, -0.2) is 22.7 Å². The first-order chi connectivity index (χ1) is 7.95. The fourth-order valence-corrected chi connectivity index (χ4v) is 1.93. The van der Waals surface area contributed by atoms with Crippen LogP contribution in [-0.2, 0) is 4.79 Å². The number of nitrogens with zero attached hydrogens (tertiary/aromatic N) is 1. The summed E-state index contributed by atoms with van der Waals surface area (Å²) in [6.07, 6.45) is 0.339. The second-order valence-corrected chi connectivity index (χ2v) is 4.47. The van der Waals surface area contributed by atoms with E-state index in [2.05, 4.69) is 5.32 Å². The molecule has 1 N–H and O–H groups in total. The molecular weight excluding hydrogens is 244 g/mol. The van der Waals surface area contributed by atoms with Crippen molar-refractivity contribution in [3.8, 4) is 0 Å². The second kappa shape index (κ2) is 5.53. The van der Waals surface area contributed by atoms with Gasteiger partial charge in [-0.25, -0.2) is 0 Å². The Morgan fingerprint density at radius 3 is 2.65 bits per heavy atom. The number of carbonyl (C=O) groups excluding carboxylic acids is 2. The maximum atomic E-state index is 11.6. The molecule has 92 valence electrons. The zero-order valence-electron chi connectivity index (χ0n) is 9.43. The number of hydrogen-bond donors (Lipinski definition) is 1. The molecule has 7 heteroatoms. The van der Waals surface area contributed by atoms with Crippen molar-refractivity contribution in [1.29, 1.82) is 0 Å². The standard InChI is InChI=1S/C10H12N2O4S/c1-3-7(13)6(2)11-10(14)8-4-5-9(17-8)12(15)16/h4-6H,3H2,1-2H3,(H,11,14). The molecule has 1 atom stereocenters. The first-order valence-electron chi connectivity index (χ1n) is 5.03. The van der Waals surface area contributed by atoms with E-state index in [1.165, 1.54) is 12.1 Å². The molecule has 0 aromatic carbocycles. The monoisotopic (exact) mass is 256 g/mol. The normalized spacial score (nSPS) is 11.9. The smallest absolute Gasteiger partial charge is 0.324 e.